The molecule has 0 saturated carbocycles. The van der Waals surface area contributed by atoms with Crippen molar-refractivity contribution in [3.05, 3.63) is 33.9 Å². The van der Waals surface area contributed by atoms with Crippen LogP contribution in [0, 0.1) is 23.0 Å². The van der Waals surface area contributed by atoms with Crippen molar-refractivity contribution in [1.29, 1.82) is 0 Å². The number of carbonyl (C=O) groups is 1. The Morgan fingerprint density at radius 3 is 3.00 bits per heavy atom. The van der Waals surface area contributed by atoms with Crippen molar-refractivity contribution in [2.24, 2.45) is 16.8 Å². The number of hydrazone groups is 1. The number of guanidine groups is 1. The molecule has 1 amide bonds. The van der Waals surface area contributed by atoms with E-state index in [9.17, 15) is 14.9 Å². The van der Waals surface area contributed by atoms with E-state index in [1.165, 1.54) is 0 Å². The highest BCUT2D eigenvalue weighted by molar-refractivity contribution is 5.93. The molecule has 0 radical (unpaired) electrons. The van der Waals surface area contributed by atoms with Gasteiger partial charge < -0.3 is 20.5 Å². The number of nitrogens with zero attached hydrogens (tertiary/aromatic N) is 2. The van der Waals surface area contributed by atoms with Crippen LogP contribution in [-0.4, -0.2) is 36.9 Å². The Labute approximate surface area is 138 Å². The van der Waals surface area contributed by atoms with E-state index in [0.29, 0.717) is 31.2 Å². The zero-order valence-electron chi connectivity index (χ0n) is 13.2. The van der Waals surface area contributed by atoms with Crippen LogP contribution in [0.25, 0.3) is 0 Å². The number of hydrogen-bond acceptors (Lipinski definition) is 5. The molecule has 24 heavy (non-hydrogen) atoms. The van der Waals surface area contributed by atoms with Gasteiger partial charge in [-0.05, 0) is 31.0 Å². The van der Waals surface area contributed by atoms with E-state index < -0.39 is 11.1 Å². The van der Waals surface area contributed by atoms with E-state index in [2.05, 4.69) is 15.7 Å². The Morgan fingerprint density at radius 2 is 2.33 bits per heavy atom. The number of rotatable bonds is 5. The predicted octanol–water partition coefficient (Wildman–Crippen LogP) is 1.50. The Morgan fingerprint density at radius 1 is 1.54 bits per heavy atom. The average molecular weight is 337 g/mol. The highest BCUT2D eigenvalue weighted by atomic mass is 16.7. The van der Waals surface area contributed by atoms with E-state index in [4.69, 9.17) is 15.2 Å². The van der Waals surface area contributed by atoms with Crippen molar-refractivity contribution >= 4 is 23.4 Å². The summed E-state index contributed by atoms with van der Waals surface area (Å²) in [6.07, 6.45) is 0.301. The molecule has 0 bridgehead atoms. The van der Waals surface area contributed by atoms with E-state index in [0.717, 1.165) is 12.0 Å². The summed E-state index contributed by atoms with van der Waals surface area (Å²) in [6, 6.07) is 4.96. The standard InChI is InChI=1S/C14H19N5O5/c1-9-2-3-11(16-13(15)18-19(21)22)6-12(9)17-14(20)24-8-10-4-5-23-7-10/h2-3,6,10H,4-5,7-8H2,1H3,(H,17,20)(H3,15,16,18)/t10-/m0/s1. The number of benzene rings is 1. The van der Waals surface area contributed by atoms with E-state index in [1.807, 2.05) is 0 Å². The molecular weight excluding hydrogens is 318 g/mol. The normalized spacial score (nSPS) is 17.4. The monoisotopic (exact) mass is 337 g/mol. The first-order valence-corrected chi connectivity index (χ1v) is 7.31. The first kappa shape index (κ1) is 17.5. The van der Waals surface area contributed by atoms with Gasteiger partial charge in [0.1, 0.15) is 5.10 Å². The van der Waals surface area contributed by atoms with Gasteiger partial charge in [-0.3, -0.25) is 5.32 Å². The Balaban J connectivity index is 1.94. The van der Waals surface area contributed by atoms with Crippen LogP contribution in [0.15, 0.2) is 23.3 Å². The summed E-state index contributed by atoms with van der Waals surface area (Å²) < 4.78 is 10.4. The van der Waals surface area contributed by atoms with Gasteiger partial charge in [0, 0.05) is 23.9 Å². The molecular formula is C14H19N5O5. The number of nitrogens with two attached hydrogens (primary N) is 1. The van der Waals surface area contributed by atoms with Crippen molar-refractivity contribution in [3.8, 4) is 0 Å². The molecule has 0 aromatic heterocycles. The van der Waals surface area contributed by atoms with Crippen LogP contribution in [0.2, 0.25) is 0 Å². The Bertz CT molecular complexity index is 642. The fourth-order valence-corrected chi connectivity index (χ4v) is 2.15. The van der Waals surface area contributed by atoms with Gasteiger partial charge in [-0.25, -0.2) is 14.9 Å². The minimum atomic E-state index is -0.903. The molecule has 10 nitrogen and oxygen atoms in total. The molecule has 10 heteroatoms. The van der Waals surface area contributed by atoms with Gasteiger partial charge in [0.2, 0.25) is 0 Å². The van der Waals surface area contributed by atoms with E-state index in [1.54, 1.807) is 25.1 Å². The number of amides is 1. The van der Waals surface area contributed by atoms with Crippen LogP contribution in [0.5, 0.6) is 0 Å². The number of hydrogen-bond donors (Lipinski definition) is 3. The van der Waals surface area contributed by atoms with Crippen LogP contribution in [0.3, 0.4) is 0 Å². The van der Waals surface area contributed by atoms with Gasteiger partial charge in [-0.2, -0.15) is 0 Å². The third-order valence-corrected chi connectivity index (χ3v) is 3.41. The maximum atomic E-state index is 11.9. The van der Waals surface area contributed by atoms with Crippen molar-refractivity contribution < 1.29 is 19.3 Å². The van der Waals surface area contributed by atoms with Crippen molar-refractivity contribution in [2.75, 3.05) is 30.5 Å². The predicted molar refractivity (Wildman–Crippen MR) is 87.3 cm³/mol. The minimum absolute atomic E-state index is 0.225. The second-order valence-electron chi connectivity index (χ2n) is 5.33. The quantitative estimate of drug-likeness (QED) is 0.320. The Kier molecular flexibility index (Phi) is 5.90. The average Bonchev–Trinajstić information content (AvgIpc) is 3.01. The molecule has 1 atom stereocenters. The molecule has 2 rings (SSSR count). The van der Waals surface area contributed by atoms with Gasteiger partial charge >= 0.3 is 6.09 Å². The van der Waals surface area contributed by atoms with E-state index >= 15 is 0 Å². The summed E-state index contributed by atoms with van der Waals surface area (Å²) in [7, 11) is 0. The minimum Gasteiger partial charge on any atom is -0.449 e. The third-order valence-electron chi connectivity index (χ3n) is 3.41. The number of ether oxygens (including phenoxy) is 2. The van der Waals surface area contributed by atoms with Crippen LogP contribution in [0.4, 0.5) is 16.2 Å². The second-order valence-corrected chi connectivity index (χ2v) is 5.33. The molecule has 0 spiro atoms. The summed E-state index contributed by atoms with van der Waals surface area (Å²) in [5.74, 6) is -0.137. The van der Waals surface area contributed by atoms with Crippen LogP contribution >= 0.6 is 0 Å². The molecule has 1 saturated heterocycles. The number of anilines is 2. The molecule has 1 aliphatic rings. The highest BCUT2D eigenvalue weighted by Gasteiger charge is 2.18. The first-order chi connectivity index (χ1) is 11.4. The van der Waals surface area contributed by atoms with Crippen molar-refractivity contribution in [2.45, 2.75) is 13.3 Å². The largest absolute Gasteiger partial charge is 0.449 e. The molecule has 130 valence electrons. The zero-order valence-corrected chi connectivity index (χ0v) is 13.2. The number of carbonyl (C=O) groups excluding carboxylic acids is 1. The van der Waals surface area contributed by atoms with Crippen LogP contribution in [-0.2, 0) is 9.47 Å². The first-order valence-electron chi connectivity index (χ1n) is 7.31. The summed E-state index contributed by atoms with van der Waals surface area (Å²) >= 11 is 0. The lowest BCUT2D eigenvalue weighted by Gasteiger charge is -2.13. The summed E-state index contributed by atoms with van der Waals surface area (Å²) in [4.78, 5) is 22.1. The second kappa shape index (κ2) is 8.11. The molecule has 1 aromatic carbocycles. The molecule has 1 fully saturated rings. The SMILES string of the molecule is Cc1ccc(N/C(N)=N\[N+](=O)[O-])cc1NC(=O)OC[C@H]1CCOC1. The Hall–Kier alpha value is -2.88. The summed E-state index contributed by atoms with van der Waals surface area (Å²) in [6.45, 7) is 3.39. The molecule has 1 heterocycles. The van der Waals surface area contributed by atoms with Crippen molar-refractivity contribution in [1.82, 2.24) is 0 Å². The van der Waals surface area contributed by atoms with Gasteiger partial charge in [0.15, 0.2) is 5.03 Å². The van der Waals surface area contributed by atoms with Gasteiger partial charge in [0.05, 0.1) is 13.2 Å². The maximum absolute atomic E-state index is 11.9. The topological polar surface area (TPSA) is 141 Å². The molecule has 0 unspecified atom stereocenters. The smallest absolute Gasteiger partial charge is 0.411 e. The van der Waals surface area contributed by atoms with Gasteiger partial charge in [0.25, 0.3) is 5.96 Å². The lowest BCUT2D eigenvalue weighted by Crippen LogP contribution is -2.24. The van der Waals surface area contributed by atoms with Crippen LogP contribution < -0.4 is 16.4 Å². The molecule has 1 aromatic rings. The maximum Gasteiger partial charge on any atom is 0.411 e. The fourth-order valence-electron chi connectivity index (χ4n) is 2.15. The van der Waals surface area contributed by atoms with Crippen LogP contribution in [0.1, 0.15) is 12.0 Å². The zero-order chi connectivity index (χ0) is 17.5. The molecule has 4 N–H and O–H groups in total. The third kappa shape index (κ3) is 5.39. The fraction of sp³-hybridized carbons (Fsp3) is 0.429. The van der Waals surface area contributed by atoms with E-state index in [-0.39, 0.29) is 11.9 Å². The summed E-state index contributed by atoms with van der Waals surface area (Å²) in [5.41, 5.74) is 7.13. The number of aryl methyl sites for hydroxylation is 1. The lowest BCUT2D eigenvalue weighted by atomic mass is 10.1. The van der Waals surface area contributed by atoms with Gasteiger partial charge in [-0.15, -0.1) is 0 Å². The molecule has 0 aliphatic carbocycles. The summed E-state index contributed by atoms with van der Waals surface area (Å²) in [5, 5.41) is 17.5. The van der Waals surface area contributed by atoms with Crippen molar-refractivity contribution in [3.63, 3.8) is 0 Å². The number of nitro groups is 1. The lowest BCUT2D eigenvalue weighted by molar-refractivity contribution is -0.485. The highest BCUT2D eigenvalue weighted by Crippen LogP contribution is 2.21. The number of nitrogens with one attached hydrogen (secondary N) is 2. The van der Waals surface area contributed by atoms with Gasteiger partial charge in [-0.1, -0.05) is 6.07 Å². The molecule has 1 aliphatic heterocycles.